The number of hydrogen-bond acceptors (Lipinski definition) is 2. The molecule has 0 saturated carbocycles. The van der Waals surface area contributed by atoms with E-state index in [1.807, 2.05) is 24.3 Å². The van der Waals surface area contributed by atoms with Gasteiger partial charge in [-0.1, -0.05) is 36.4 Å². The predicted octanol–water partition coefficient (Wildman–Crippen LogP) is 3.16. The number of nitrogens with zero attached hydrogens (tertiary/aromatic N) is 1. The van der Waals surface area contributed by atoms with Crippen molar-refractivity contribution in [3.8, 4) is 0 Å². The molecule has 0 radical (unpaired) electrons. The third-order valence-electron chi connectivity index (χ3n) is 3.06. The highest BCUT2D eigenvalue weighted by molar-refractivity contribution is 5.30. The van der Waals surface area contributed by atoms with Gasteiger partial charge in [0.15, 0.2) is 0 Å². The Hall–Kier alpha value is -1.64. The molecule has 1 aliphatic rings. The van der Waals surface area contributed by atoms with Crippen molar-refractivity contribution in [2.75, 3.05) is 6.54 Å². The van der Waals surface area contributed by atoms with E-state index in [-0.39, 0.29) is 17.4 Å². The second-order valence-electron chi connectivity index (χ2n) is 4.16. The van der Waals surface area contributed by atoms with Crippen LogP contribution in [0.25, 0.3) is 0 Å². The largest absolute Gasteiger partial charge is 0.264 e. The summed E-state index contributed by atoms with van der Waals surface area (Å²) in [4.78, 5) is 10.4. The topological polar surface area (TPSA) is 43.1 Å². The molecule has 0 bridgehead atoms. The van der Waals surface area contributed by atoms with Crippen LogP contribution in [0.15, 0.2) is 42.0 Å². The molecular weight excluding hydrogens is 202 g/mol. The lowest BCUT2D eigenvalue weighted by Gasteiger charge is -2.22. The summed E-state index contributed by atoms with van der Waals surface area (Å²) >= 11 is 0. The van der Waals surface area contributed by atoms with Crippen molar-refractivity contribution in [2.24, 2.45) is 0 Å². The quantitative estimate of drug-likeness (QED) is 0.443. The van der Waals surface area contributed by atoms with Crippen molar-refractivity contribution in [1.82, 2.24) is 0 Å². The monoisotopic (exact) mass is 217 g/mol. The number of nitro groups is 1. The van der Waals surface area contributed by atoms with Crippen LogP contribution in [0.1, 0.15) is 30.7 Å². The molecule has 1 atom stereocenters. The van der Waals surface area contributed by atoms with E-state index in [0.717, 1.165) is 24.8 Å². The Kier molecular flexibility index (Phi) is 3.34. The zero-order valence-electron chi connectivity index (χ0n) is 9.13. The van der Waals surface area contributed by atoms with Crippen LogP contribution < -0.4 is 0 Å². The predicted molar refractivity (Wildman–Crippen MR) is 63.0 cm³/mol. The molecule has 0 aliphatic heterocycles. The molecule has 84 valence electrons. The fourth-order valence-electron chi connectivity index (χ4n) is 2.33. The van der Waals surface area contributed by atoms with Crippen molar-refractivity contribution < 1.29 is 4.92 Å². The molecule has 3 nitrogen and oxygen atoms in total. The highest BCUT2D eigenvalue weighted by atomic mass is 16.6. The molecule has 0 aromatic heterocycles. The van der Waals surface area contributed by atoms with Gasteiger partial charge in [0, 0.05) is 16.4 Å². The zero-order valence-corrected chi connectivity index (χ0v) is 9.13. The van der Waals surface area contributed by atoms with Crippen molar-refractivity contribution in [3.05, 3.63) is 57.7 Å². The van der Waals surface area contributed by atoms with Gasteiger partial charge < -0.3 is 0 Å². The van der Waals surface area contributed by atoms with Crippen molar-refractivity contribution in [2.45, 2.75) is 25.2 Å². The fourth-order valence-corrected chi connectivity index (χ4v) is 2.33. The molecule has 3 heteroatoms. The maximum atomic E-state index is 10.6. The summed E-state index contributed by atoms with van der Waals surface area (Å²) in [6.07, 6.45) is 5.18. The van der Waals surface area contributed by atoms with Crippen molar-refractivity contribution >= 4 is 0 Å². The Morgan fingerprint density at radius 1 is 1.31 bits per heavy atom. The lowest BCUT2D eigenvalue weighted by atomic mass is 9.82. The molecule has 0 fully saturated rings. The maximum Gasteiger partial charge on any atom is 0.225 e. The van der Waals surface area contributed by atoms with Crippen LogP contribution in [0.3, 0.4) is 0 Å². The van der Waals surface area contributed by atoms with Crippen LogP contribution in [0, 0.1) is 10.1 Å². The van der Waals surface area contributed by atoms with E-state index in [4.69, 9.17) is 0 Å². The Morgan fingerprint density at radius 3 is 2.75 bits per heavy atom. The number of benzene rings is 1. The van der Waals surface area contributed by atoms with Crippen LogP contribution in [-0.4, -0.2) is 11.5 Å². The van der Waals surface area contributed by atoms with Gasteiger partial charge >= 0.3 is 0 Å². The fraction of sp³-hybridized carbons (Fsp3) is 0.385. The first-order chi connectivity index (χ1) is 7.77. The van der Waals surface area contributed by atoms with E-state index in [1.165, 1.54) is 5.56 Å². The summed E-state index contributed by atoms with van der Waals surface area (Å²) in [5.41, 5.74) is 2.18. The molecule has 0 saturated heterocycles. The number of allylic oxidation sites excluding steroid dienone is 1. The second-order valence-corrected chi connectivity index (χ2v) is 4.16. The molecule has 0 heterocycles. The van der Waals surface area contributed by atoms with Crippen LogP contribution in [0.4, 0.5) is 0 Å². The highest BCUT2D eigenvalue weighted by Gasteiger charge is 2.22. The highest BCUT2D eigenvalue weighted by Crippen LogP contribution is 2.33. The molecule has 2 rings (SSSR count). The van der Waals surface area contributed by atoms with Crippen LogP contribution in [-0.2, 0) is 0 Å². The van der Waals surface area contributed by atoms with Gasteiger partial charge in [-0.15, -0.1) is 0 Å². The minimum absolute atomic E-state index is 0.0143. The van der Waals surface area contributed by atoms with Gasteiger partial charge in [-0.2, -0.15) is 0 Å². The first-order valence-corrected chi connectivity index (χ1v) is 5.63. The van der Waals surface area contributed by atoms with E-state index in [1.54, 1.807) is 0 Å². The van der Waals surface area contributed by atoms with E-state index >= 15 is 0 Å². The van der Waals surface area contributed by atoms with Gasteiger partial charge in [-0.3, -0.25) is 10.1 Å². The Bertz CT molecular complexity index is 398. The zero-order chi connectivity index (χ0) is 11.4. The minimum atomic E-state index is -0.229. The van der Waals surface area contributed by atoms with Gasteiger partial charge in [0.1, 0.15) is 0 Å². The van der Waals surface area contributed by atoms with Crippen LogP contribution >= 0.6 is 0 Å². The number of rotatable bonds is 3. The van der Waals surface area contributed by atoms with Gasteiger partial charge in [-0.25, -0.2) is 0 Å². The molecule has 16 heavy (non-hydrogen) atoms. The van der Waals surface area contributed by atoms with E-state index in [2.05, 4.69) is 12.1 Å². The van der Waals surface area contributed by atoms with Crippen molar-refractivity contribution in [1.29, 1.82) is 0 Å². The lowest BCUT2D eigenvalue weighted by Crippen LogP contribution is -2.14. The van der Waals surface area contributed by atoms with Crippen LogP contribution in [0.5, 0.6) is 0 Å². The van der Waals surface area contributed by atoms with Gasteiger partial charge in [0.2, 0.25) is 6.54 Å². The average molecular weight is 217 g/mol. The molecule has 1 aromatic rings. The SMILES string of the molecule is O=[N+]([O-])CC1=CCCCC1c1ccccc1. The average Bonchev–Trinajstić information content (AvgIpc) is 2.30. The van der Waals surface area contributed by atoms with Gasteiger partial charge in [0.25, 0.3) is 0 Å². The summed E-state index contributed by atoms with van der Waals surface area (Å²) in [5.74, 6) is 0.250. The Labute approximate surface area is 94.9 Å². The van der Waals surface area contributed by atoms with Gasteiger partial charge in [-0.05, 0) is 24.8 Å². The summed E-state index contributed by atoms with van der Waals surface area (Å²) < 4.78 is 0. The molecule has 1 aromatic carbocycles. The maximum absolute atomic E-state index is 10.6. The third-order valence-corrected chi connectivity index (χ3v) is 3.06. The summed E-state index contributed by atoms with van der Waals surface area (Å²) in [6.45, 7) is -0.0143. The lowest BCUT2D eigenvalue weighted by molar-refractivity contribution is -0.471. The van der Waals surface area contributed by atoms with E-state index in [9.17, 15) is 10.1 Å². The Balaban J connectivity index is 2.22. The third kappa shape index (κ3) is 2.48. The van der Waals surface area contributed by atoms with Crippen LogP contribution in [0.2, 0.25) is 0 Å². The molecule has 1 aliphatic carbocycles. The minimum Gasteiger partial charge on any atom is -0.264 e. The molecule has 0 N–H and O–H groups in total. The second kappa shape index (κ2) is 4.92. The first kappa shape index (κ1) is 10.9. The molecular formula is C13H15NO2. The van der Waals surface area contributed by atoms with E-state index < -0.39 is 0 Å². The van der Waals surface area contributed by atoms with E-state index in [0.29, 0.717) is 0 Å². The standard InChI is InChI=1S/C13H15NO2/c15-14(16)10-12-8-4-5-9-13(12)11-6-2-1-3-7-11/h1-3,6-8,13H,4-5,9-10H2. The Morgan fingerprint density at radius 2 is 2.06 bits per heavy atom. The first-order valence-electron chi connectivity index (χ1n) is 5.63. The summed E-state index contributed by atoms with van der Waals surface area (Å²) in [5, 5.41) is 10.6. The molecule has 0 spiro atoms. The molecule has 1 unspecified atom stereocenters. The van der Waals surface area contributed by atoms with Gasteiger partial charge in [0.05, 0.1) is 0 Å². The summed E-state index contributed by atoms with van der Waals surface area (Å²) in [7, 11) is 0. The smallest absolute Gasteiger partial charge is 0.225 e. The normalized spacial score (nSPS) is 20.2. The summed E-state index contributed by atoms with van der Waals surface area (Å²) in [6, 6.07) is 10.1. The number of hydrogen-bond donors (Lipinski definition) is 0. The molecule has 0 amide bonds. The van der Waals surface area contributed by atoms with Crippen molar-refractivity contribution in [3.63, 3.8) is 0 Å².